The molecular weight excluding hydrogens is 302 g/mol. The number of benzene rings is 1. The Labute approximate surface area is 143 Å². The third kappa shape index (κ3) is 4.98. The van der Waals surface area contributed by atoms with Gasteiger partial charge >= 0.3 is 0 Å². The first-order valence-corrected chi connectivity index (χ1v) is 8.30. The molecule has 0 bridgehead atoms. The number of anilines is 2. The summed E-state index contributed by atoms with van der Waals surface area (Å²) < 4.78 is 5.14. The topological polar surface area (TPSA) is 63.2 Å². The molecule has 1 heterocycles. The second-order valence-electron chi connectivity index (χ2n) is 5.64. The lowest BCUT2D eigenvalue weighted by atomic mass is 10.0. The predicted molar refractivity (Wildman–Crippen MR) is 97.3 cm³/mol. The Hall–Kier alpha value is -2.56. The Kier molecular flexibility index (Phi) is 6.61. The SMILES string of the molecule is CCC(CC)C(=O)Nc1ccc(NCc2ccc(OC)cc2)nc1. The average molecular weight is 327 g/mol. The van der Waals surface area contributed by atoms with Crippen molar-refractivity contribution in [2.75, 3.05) is 17.7 Å². The van der Waals surface area contributed by atoms with E-state index in [1.165, 1.54) is 0 Å². The van der Waals surface area contributed by atoms with Crippen molar-refractivity contribution in [3.05, 3.63) is 48.2 Å². The number of rotatable bonds is 8. The molecule has 0 aliphatic rings. The molecule has 24 heavy (non-hydrogen) atoms. The maximum atomic E-state index is 12.1. The Balaban J connectivity index is 1.88. The highest BCUT2D eigenvalue weighted by molar-refractivity contribution is 5.92. The van der Waals surface area contributed by atoms with Crippen LogP contribution >= 0.6 is 0 Å². The lowest BCUT2D eigenvalue weighted by molar-refractivity contribution is -0.120. The van der Waals surface area contributed by atoms with Crippen LogP contribution in [0.15, 0.2) is 42.6 Å². The summed E-state index contributed by atoms with van der Waals surface area (Å²) in [6, 6.07) is 11.6. The number of aromatic nitrogens is 1. The molecule has 0 aliphatic carbocycles. The van der Waals surface area contributed by atoms with Crippen molar-refractivity contribution in [2.24, 2.45) is 5.92 Å². The van der Waals surface area contributed by atoms with E-state index >= 15 is 0 Å². The Morgan fingerprint density at radius 2 is 1.83 bits per heavy atom. The van der Waals surface area contributed by atoms with Gasteiger partial charge in [0.2, 0.25) is 5.91 Å². The van der Waals surface area contributed by atoms with Gasteiger partial charge < -0.3 is 15.4 Å². The van der Waals surface area contributed by atoms with Gasteiger partial charge in [0.05, 0.1) is 19.0 Å². The van der Waals surface area contributed by atoms with Gasteiger partial charge in [0.1, 0.15) is 11.6 Å². The highest BCUT2D eigenvalue weighted by atomic mass is 16.5. The molecule has 0 aliphatic heterocycles. The number of pyridine rings is 1. The van der Waals surface area contributed by atoms with E-state index in [1.54, 1.807) is 13.3 Å². The van der Waals surface area contributed by atoms with Crippen LogP contribution in [0.25, 0.3) is 0 Å². The fourth-order valence-electron chi connectivity index (χ4n) is 2.41. The van der Waals surface area contributed by atoms with Crippen molar-refractivity contribution in [3.8, 4) is 5.75 Å². The standard InChI is InChI=1S/C19H25N3O2/c1-4-15(5-2)19(23)22-16-8-11-18(21-13-16)20-12-14-6-9-17(24-3)10-7-14/h6-11,13,15H,4-5,12H2,1-3H3,(H,20,21)(H,22,23). The minimum absolute atomic E-state index is 0.0536. The molecule has 5 nitrogen and oxygen atoms in total. The molecule has 0 unspecified atom stereocenters. The highest BCUT2D eigenvalue weighted by Crippen LogP contribution is 2.16. The van der Waals surface area contributed by atoms with Crippen LogP contribution in [0.2, 0.25) is 0 Å². The smallest absolute Gasteiger partial charge is 0.227 e. The van der Waals surface area contributed by atoms with E-state index in [-0.39, 0.29) is 11.8 Å². The van der Waals surface area contributed by atoms with Crippen molar-refractivity contribution in [1.82, 2.24) is 4.98 Å². The number of nitrogens with zero attached hydrogens (tertiary/aromatic N) is 1. The van der Waals surface area contributed by atoms with Crippen molar-refractivity contribution in [2.45, 2.75) is 33.2 Å². The van der Waals surface area contributed by atoms with Gasteiger partial charge in [0, 0.05) is 12.5 Å². The van der Waals surface area contributed by atoms with E-state index < -0.39 is 0 Å². The Morgan fingerprint density at radius 1 is 1.12 bits per heavy atom. The number of nitrogens with one attached hydrogen (secondary N) is 2. The minimum Gasteiger partial charge on any atom is -0.497 e. The van der Waals surface area contributed by atoms with Crippen LogP contribution in [-0.4, -0.2) is 18.0 Å². The summed E-state index contributed by atoms with van der Waals surface area (Å²) in [6.07, 6.45) is 3.37. The van der Waals surface area contributed by atoms with Crippen molar-refractivity contribution in [1.29, 1.82) is 0 Å². The van der Waals surface area contributed by atoms with Crippen LogP contribution in [0.3, 0.4) is 0 Å². The zero-order valence-electron chi connectivity index (χ0n) is 14.5. The molecule has 2 aromatic rings. The van der Waals surface area contributed by atoms with Crippen LogP contribution in [0.4, 0.5) is 11.5 Å². The summed E-state index contributed by atoms with van der Waals surface area (Å²) in [5.41, 5.74) is 1.87. The molecule has 5 heteroatoms. The molecule has 0 fully saturated rings. The summed E-state index contributed by atoms with van der Waals surface area (Å²) in [7, 11) is 1.65. The van der Waals surface area contributed by atoms with Gasteiger partial charge in [0.15, 0.2) is 0 Å². The fraction of sp³-hybridized carbons (Fsp3) is 0.368. The largest absolute Gasteiger partial charge is 0.497 e. The van der Waals surface area contributed by atoms with Gasteiger partial charge in [-0.1, -0.05) is 26.0 Å². The lowest BCUT2D eigenvalue weighted by Crippen LogP contribution is -2.21. The third-order valence-corrected chi connectivity index (χ3v) is 4.02. The zero-order valence-corrected chi connectivity index (χ0v) is 14.5. The van der Waals surface area contributed by atoms with Crippen molar-refractivity contribution < 1.29 is 9.53 Å². The van der Waals surface area contributed by atoms with Gasteiger partial charge in [-0.25, -0.2) is 4.98 Å². The molecule has 2 rings (SSSR count). The van der Waals surface area contributed by atoms with E-state index in [4.69, 9.17) is 4.74 Å². The number of methoxy groups -OCH3 is 1. The summed E-state index contributed by atoms with van der Waals surface area (Å²) in [6.45, 7) is 4.73. The monoisotopic (exact) mass is 327 g/mol. The summed E-state index contributed by atoms with van der Waals surface area (Å²) >= 11 is 0. The number of carbonyl (C=O) groups excluding carboxylic acids is 1. The molecule has 1 aromatic carbocycles. The molecule has 0 saturated carbocycles. The van der Waals surface area contributed by atoms with Crippen LogP contribution in [0.5, 0.6) is 5.75 Å². The first-order valence-electron chi connectivity index (χ1n) is 8.30. The lowest BCUT2D eigenvalue weighted by Gasteiger charge is -2.13. The van der Waals surface area contributed by atoms with Gasteiger partial charge in [-0.3, -0.25) is 4.79 Å². The van der Waals surface area contributed by atoms with E-state index in [0.717, 1.165) is 35.7 Å². The molecular formula is C19H25N3O2. The van der Waals surface area contributed by atoms with Crippen LogP contribution in [-0.2, 0) is 11.3 Å². The quantitative estimate of drug-likeness (QED) is 0.767. The van der Waals surface area contributed by atoms with Crippen LogP contribution < -0.4 is 15.4 Å². The van der Waals surface area contributed by atoms with E-state index in [9.17, 15) is 4.79 Å². The third-order valence-electron chi connectivity index (χ3n) is 4.02. The zero-order chi connectivity index (χ0) is 17.4. The number of ether oxygens (including phenoxy) is 1. The number of carbonyl (C=O) groups is 1. The van der Waals surface area contributed by atoms with E-state index in [1.807, 2.05) is 50.2 Å². The number of hydrogen-bond acceptors (Lipinski definition) is 4. The van der Waals surface area contributed by atoms with Gasteiger partial charge in [-0.2, -0.15) is 0 Å². The minimum atomic E-state index is 0.0536. The molecule has 0 spiro atoms. The molecule has 2 N–H and O–H groups in total. The first kappa shape index (κ1) is 17.8. The maximum absolute atomic E-state index is 12.1. The fourth-order valence-corrected chi connectivity index (χ4v) is 2.41. The Bertz CT molecular complexity index is 635. The molecule has 0 saturated heterocycles. The number of hydrogen-bond donors (Lipinski definition) is 2. The normalized spacial score (nSPS) is 10.5. The average Bonchev–Trinajstić information content (AvgIpc) is 2.62. The van der Waals surface area contributed by atoms with Crippen molar-refractivity contribution >= 4 is 17.4 Å². The van der Waals surface area contributed by atoms with E-state index in [0.29, 0.717) is 6.54 Å². The molecule has 1 amide bonds. The number of amides is 1. The summed E-state index contributed by atoms with van der Waals surface area (Å²) in [5, 5.41) is 6.17. The molecule has 128 valence electrons. The van der Waals surface area contributed by atoms with Crippen LogP contribution in [0.1, 0.15) is 32.3 Å². The predicted octanol–water partition coefficient (Wildman–Crippen LogP) is 4.08. The molecule has 0 radical (unpaired) electrons. The molecule has 0 atom stereocenters. The Morgan fingerprint density at radius 3 is 2.38 bits per heavy atom. The maximum Gasteiger partial charge on any atom is 0.227 e. The first-order chi connectivity index (χ1) is 11.7. The van der Waals surface area contributed by atoms with Crippen LogP contribution in [0, 0.1) is 5.92 Å². The second kappa shape index (κ2) is 8.91. The van der Waals surface area contributed by atoms with Crippen molar-refractivity contribution in [3.63, 3.8) is 0 Å². The van der Waals surface area contributed by atoms with Gasteiger partial charge in [-0.05, 0) is 42.7 Å². The van der Waals surface area contributed by atoms with Gasteiger partial charge in [0.25, 0.3) is 0 Å². The summed E-state index contributed by atoms with van der Waals surface area (Å²) in [5.74, 6) is 1.72. The second-order valence-corrected chi connectivity index (χ2v) is 5.64. The summed E-state index contributed by atoms with van der Waals surface area (Å²) in [4.78, 5) is 16.4. The van der Waals surface area contributed by atoms with E-state index in [2.05, 4.69) is 15.6 Å². The van der Waals surface area contributed by atoms with Gasteiger partial charge in [-0.15, -0.1) is 0 Å². The highest BCUT2D eigenvalue weighted by Gasteiger charge is 2.14. The molecule has 1 aromatic heterocycles.